The van der Waals surface area contributed by atoms with E-state index in [1.54, 1.807) is 14.2 Å². The minimum absolute atomic E-state index is 0.0437. The molecule has 0 aliphatic carbocycles. The van der Waals surface area contributed by atoms with Crippen LogP contribution in [-0.2, 0) is 0 Å². The van der Waals surface area contributed by atoms with Gasteiger partial charge in [-0.1, -0.05) is 6.07 Å². The molecule has 0 aliphatic heterocycles. The normalized spacial score (nSPS) is 13.6. The van der Waals surface area contributed by atoms with Gasteiger partial charge in [0.1, 0.15) is 0 Å². The molecule has 0 fully saturated rings. The third-order valence-corrected chi connectivity index (χ3v) is 3.68. The van der Waals surface area contributed by atoms with E-state index in [9.17, 15) is 0 Å². The number of ether oxygens (including phenoxy) is 2. The molecule has 0 amide bonds. The molecular formula is C19H34N4O2. The molecule has 1 unspecified atom stereocenters. The van der Waals surface area contributed by atoms with Crippen LogP contribution < -0.4 is 20.1 Å². The van der Waals surface area contributed by atoms with Gasteiger partial charge in [-0.25, -0.2) is 0 Å². The molecule has 1 aromatic rings. The van der Waals surface area contributed by atoms with Gasteiger partial charge in [0.2, 0.25) is 0 Å². The molecule has 1 aromatic carbocycles. The lowest BCUT2D eigenvalue weighted by atomic mass is 10.1. The Morgan fingerprint density at radius 3 is 2.28 bits per heavy atom. The smallest absolute Gasteiger partial charge is 0.191 e. The van der Waals surface area contributed by atoms with Gasteiger partial charge in [0.25, 0.3) is 0 Å². The number of methoxy groups -OCH3 is 2. The van der Waals surface area contributed by atoms with E-state index >= 15 is 0 Å². The summed E-state index contributed by atoms with van der Waals surface area (Å²) in [6.07, 6.45) is 0. The Morgan fingerprint density at radius 2 is 1.80 bits per heavy atom. The van der Waals surface area contributed by atoms with Crippen LogP contribution in [0.25, 0.3) is 0 Å². The molecule has 142 valence electrons. The van der Waals surface area contributed by atoms with Gasteiger partial charge in [-0.3, -0.25) is 4.99 Å². The predicted octanol–water partition coefficient (Wildman–Crippen LogP) is 2.66. The van der Waals surface area contributed by atoms with Crippen LogP contribution in [0.3, 0.4) is 0 Å². The molecular weight excluding hydrogens is 316 g/mol. The fourth-order valence-electron chi connectivity index (χ4n) is 2.47. The fourth-order valence-corrected chi connectivity index (χ4v) is 2.47. The van der Waals surface area contributed by atoms with Crippen molar-refractivity contribution < 1.29 is 9.47 Å². The molecule has 0 saturated heterocycles. The molecule has 0 aliphatic rings. The lowest BCUT2D eigenvalue weighted by Gasteiger charge is -2.26. The molecule has 0 heterocycles. The van der Waals surface area contributed by atoms with E-state index in [0.717, 1.165) is 29.6 Å². The van der Waals surface area contributed by atoms with Crippen molar-refractivity contribution in [2.75, 3.05) is 41.4 Å². The second-order valence-corrected chi connectivity index (χ2v) is 7.19. The van der Waals surface area contributed by atoms with Crippen molar-refractivity contribution in [3.8, 4) is 11.5 Å². The third-order valence-electron chi connectivity index (χ3n) is 3.68. The number of nitrogens with one attached hydrogen (secondary N) is 2. The Bertz CT molecular complexity index is 565. The van der Waals surface area contributed by atoms with Crippen LogP contribution in [-0.4, -0.2) is 57.8 Å². The predicted molar refractivity (Wildman–Crippen MR) is 105 cm³/mol. The largest absolute Gasteiger partial charge is 0.493 e. The molecule has 0 aromatic heterocycles. The molecule has 1 rings (SSSR count). The topological polar surface area (TPSA) is 58.1 Å². The van der Waals surface area contributed by atoms with Crippen molar-refractivity contribution in [2.45, 2.75) is 39.3 Å². The van der Waals surface area contributed by atoms with Crippen LogP contribution in [0.5, 0.6) is 11.5 Å². The van der Waals surface area contributed by atoms with E-state index in [-0.39, 0.29) is 11.6 Å². The van der Waals surface area contributed by atoms with Crippen molar-refractivity contribution in [2.24, 2.45) is 4.99 Å². The summed E-state index contributed by atoms with van der Waals surface area (Å²) in [4.78, 5) is 6.93. The van der Waals surface area contributed by atoms with Crippen LogP contribution in [0.4, 0.5) is 0 Å². The summed E-state index contributed by atoms with van der Waals surface area (Å²) < 4.78 is 10.8. The van der Waals surface area contributed by atoms with Crippen LogP contribution in [0.1, 0.15) is 39.3 Å². The summed E-state index contributed by atoms with van der Waals surface area (Å²) in [5.74, 6) is 2.29. The first-order valence-corrected chi connectivity index (χ1v) is 8.66. The van der Waals surface area contributed by atoms with Gasteiger partial charge in [-0.15, -0.1) is 0 Å². The van der Waals surface area contributed by atoms with Crippen LogP contribution in [0.15, 0.2) is 23.2 Å². The number of benzene rings is 1. The lowest BCUT2D eigenvalue weighted by Crippen LogP contribution is -2.47. The van der Waals surface area contributed by atoms with Crippen molar-refractivity contribution in [1.82, 2.24) is 15.5 Å². The van der Waals surface area contributed by atoms with Gasteiger partial charge >= 0.3 is 0 Å². The molecule has 0 spiro atoms. The molecule has 25 heavy (non-hydrogen) atoms. The number of guanidine groups is 1. The lowest BCUT2D eigenvalue weighted by molar-refractivity contribution is 0.303. The summed E-state index contributed by atoms with van der Waals surface area (Å²) in [5, 5.41) is 6.72. The highest BCUT2D eigenvalue weighted by molar-refractivity contribution is 5.80. The highest BCUT2D eigenvalue weighted by atomic mass is 16.5. The van der Waals surface area contributed by atoms with E-state index in [1.165, 1.54) is 0 Å². The third kappa shape index (κ3) is 6.82. The van der Waals surface area contributed by atoms with Gasteiger partial charge in [-0.2, -0.15) is 0 Å². The first kappa shape index (κ1) is 21.1. The van der Waals surface area contributed by atoms with Crippen LogP contribution >= 0.6 is 0 Å². The monoisotopic (exact) mass is 350 g/mol. The zero-order valence-corrected chi connectivity index (χ0v) is 16.9. The molecule has 0 bridgehead atoms. The highest BCUT2D eigenvalue weighted by Crippen LogP contribution is 2.31. The Kier molecular flexibility index (Phi) is 8.03. The van der Waals surface area contributed by atoms with Crippen molar-refractivity contribution in [1.29, 1.82) is 0 Å². The van der Waals surface area contributed by atoms with Crippen LogP contribution in [0, 0.1) is 0 Å². The second kappa shape index (κ2) is 9.51. The minimum atomic E-state index is -0.0437. The summed E-state index contributed by atoms with van der Waals surface area (Å²) in [7, 11) is 7.41. The average molecular weight is 351 g/mol. The van der Waals surface area contributed by atoms with E-state index in [1.807, 2.05) is 12.1 Å². The number of hydrogen-bond acceptors (Lipinski definition) is 4. The second-order valence-electron chi connectivity index (χ2n) is 7.19. The first-order valence-electron chi connectivity index (χ1n) is 8.66. The SMILES string of the molecule is CCNC(=NCC(c1ccc(OC)c(OC)c1)N(C)C)NC(C)(C)C. The summed E-state index contributed by atoms with van der Waals surface area (Å²) in [6, 6.07) is 6.15. The maximum Gasteiger partial charge on any atom is 0.191 e. The van der Waals surface area contributed by atoms with E-state index in [4.69, 9.17) is 14.5 Å². The minimum Gasteiger partial charge on any atom is -0.493 e. The summed E-state index contributed by atoms with van der Waals surface area (Å²) in [6.45, 7) is 9.89. The van der Waals surface area contributed by atoms with Crippen molar-refractivity contribution in [3.05, 3.63) is 23.8 Å². The van der Waals surface area contributed by atoms with Gasteiger partial charge < -0.3 is 25.0 Å². The molecule has 6 nitrogen and oxygen atoms in total. The van der Waals surface area contributed by atoms with Gasteiger partial charge in [-0.05, 0) is 59.5 Å². The Labute approximate surface area is 152 Å². The highest BCUT2D eigenvalue weighted by Gasteiger charge is 2.18. The van der Waals surface area contributed by atoms with Gasteiger partial charge in [0, 0.05) is 12.1 Å². The zero-order chi connectivity index (χ0) is 19.0. The summed E-state index contributed by atoms with van der Waals surface area (Å²) in [5.41, 5.74) is 1.09. The van der Waals surface area contributed by atoms with Crippen LogP contribution in [0.2, 0.25) is 0 Å². The number of nitrogens with zero attached hydrogens (tertiary/aromatic N) is 2. The summed E-state index contributed by atoms with van der Waals surface area (Å²) >= 11 is 0. The molecule has 1 atom stereocenters. The molecule has 0 saturated carbocycles. The molecule has 0 radical (unpaired) electrons. The number of likely N-dealkylation sites (N-methyl/N-ethyl adjacent to an activating group) is 1. The Balaban J connectivity index is 3.05. The van der Waals surface area contributed by atoms with E-state index < -0.39 is 0 Å². The fraction of sp³-hybridized carbons (Fsp3) is 0.632. The zero-order valence-electron chi connectivity index (χ0n) is 16.9. The molecule has 2 N–H and O–H groups in total. The maximum absolute atomic E-state index is 5.43. The van der Waals surface area contributed by atoms with Gasteiger partial charge in [0.15, 0.2) is 17.5 Å². The quantitative estimate of drug-likeness (QED) is 0.585. The Hall–Kier alpha value is -1.95. The number of rotatable bonds is 7. The molecule has 6 heteroatoms. The number of hydrogen-bond donors (Lipinski definition) is 2. The van der Waals surface area contributed by atoms with Crippen molar-refractivity contribution >= 4 is 5.96 Å². The van der Waals surface area contributed by atoms with E-state index in [0.29, 0.717) is 6.54 Å². The number of aliphatic imine (C=N–C) groups is 1. The first-order chi connectivity index (χ1) is 11.7. The maximum atomic E-state index is 5.43. The Morgan fingerprint density at radius 1 is 1.16 bits per heavy atom. The van der Waals surface area contributed by atoms with Gasteiger partial charge in [0.05, 0.1) is 26.8 Å². The standard InChI is InChI=1S/C19H34N4O2/c1-9-20-18(22-19(2,3)4)21-13-15(23(5)6)14-10-11-16(24-7)17(12-14)25-8/h10-12,15H,9,13H2,1-8H3,(H2,20,21,22). The van der Waals surface area contributed by atoms with Crippen molar-refractivity contribution in [3.63, 3.8) is 0 Å². The van der Waals surface area contributed by atoms with E-state index in [2.05, 4.69) is 63.4 Å². The average Bonchev–Trinajstić information content (AvgIpc) is 2.53.